The second-order valence-corrected chi connectivity index (χ2v) is 6.90. The molecule has 0 atom stereocenters. The van der Waals surface area contributed by atoms with E-state index in [1.54, 1.807) is 11.3 Å². The number of thiophene rings is 1. The zero-order valence-corrected chi connectivity index (χ0v) is 14.0. The monoisotopic (exact) mass is 318 g/mol. The Labute approximate surface area is 135 Å². The van der Waals surface area contributed by atoms with Crippen LogP contribution < -0.4 is 0 Å². The molecule has 0 bridgehead atoms. The molecule has 0 amide bonds. The number of carbonyl (C=O) groups excluding carboxylic acids is 1. The standard InChI is InChI=1S/C17H22N2O2S/c1-12-9-16(22-11-12)15-10-14(17(20)21-2)18-19(15)13-7-5-3-4-6-8-13/h9-11,13H,3-8H2,1-2H3. The van der Waals surface area contributed by atoms with Gasteiger partial charge in [0.2, 0.25) is 0 Å². The van der Waals surface area contributed by atoms with Gasteiger partial charge in [0, 0.05) is 0 Å². The number of methoxy groups -OCH3 is 1. The smallest absolute Gasteiger partial charge is 0.358 e. The van der Waals surface area contributed by atoms with Crippen molar-refractivity contribution in [3.63, 3.8) is 0 Å². The number of rotatable bonds is 3. The zero-order chi connectivity index (χ0) is 15.5. The van der Waals surface area contributed by atoms with Gasteiger partial charge in [0.25, 0.3) is 0 Å². The highest BCUT2D eigenvalue weighted by Crippen LogP contribution is 2.34. The minimum atomic E-state index is -0.359. The van der Waals surface area contributed by atoms with Crippen LogP contribution in [0.5, 0.6) is 0 Å². The summed E-state index contributed by atoms with van der Waals surface area (Å²) in [6.45, 7) is 2.09. The molecule has 1 saturated carbocycles. The molecule has 4 nitrogen and oxygen atoms in total. The summed E-state index contributed by atoms with van der Waals surface area (Å²) < 4.78 is 6.92. The van der Waals surface area contributed by atoms with Gasteiger partial charge >= 0.3 is 5.97 Å². The van der Waals surface area contributed by atoms with Gasteiger partial charge in [0.05, 0.1) is 23.7 Å². The average Bonchev–Trinajstić information content (AvgIpc) is 3.05. The van der Waals surface area contributed by atoms with Crippen molar-refractivity contribution >= 4 is 17.3 Å². The third-order valence-electron chi connectivity index (χ3n) is 4.28. The Bertz CT molecular complexity index is 651. The predicted molar refractivity (Wildman–Crippen MR) is 88.4 cm³/mol. The van der Waals surface area contributed by atoms with Crippen molar-refractivity contribution in [2.75, 3.05) is 7.11 Å². The number of ether oxygens (including phenoxy) is 1. The molecule has 22 heavy (non-hydrogen) atoms. The lowest BCUT2D eigenvalue weighted by Gasteiger charge is -2.17. The van der Waals surface area contributed by atoms with Gasteiger partial charge in [0.1, 0.15) is 0 Å². The first-order valence-corrected chi connectivity index (χ1v) is 8.80. The Morgan fingerprint density at radius 1 is 1.27 bits per heavy atom. The van der Waals surface area contributed by atoms with Crippen LogP contribution in [0.25, 0.3) is 10.6 Å². The lowest BCUT2D eigenvalue weighted by atomic mass is 10.1. The van der Waals surface area contributed by atoms with E-state index in [0.717, 1.165) is 18.5 Å². The second-order valence-electron chi connectivity index (χ2n) is 5.98. The Morgan fingerprint density at radius 2 is 2.00 bits per heavy atom. The Hall–Kier alpha value is -1.62. The van der Waals surface area contributed by atoms with E-state index in [1.165, 1.54) is 43.2 Å². The average molecular weight is 318 g/mol. The molecular formula is C17H22N2O2S. The number of nitrogens with zero attached hydrogens (tertiary/aromatic N) is 2. The van der Waals surface area contributed by atoms with Gasteiger partial charge in [-0.25, -0.2) is 4.79 Å². The third-order valence-corrected chi connectivity index (χ3v) is 5.35. The van der Waals surface area contributed by atoms with Crippen LogP contribution in [0, 0.1) is 6.92 Å². The van der Waals surface area contributed by atoms with Crippen LogP contribution in [0.15, 0.2) is 17.5 Å². The maximum atomic E-state index is 11.9. The highest BCUT2D eigenvalue weighted by atomic mass is 32.1. The van der Waals surface area contributed by atoms with Crippen LogP contribution in [0.2, 0.25) is 0 Å². The largest absolute Gasteiger partial charge is 0.464 e. The molecule has 1 aliphatic carbocycles. The van der Waals surface area contributed by atoms with Crippen LogP contribution in [-0.4, -0.2) is 22.9 Å². The van der Waals surface area contributed by atoms with Crippen LogP contribution in [0.1, 0.15) is 60.6 Å². The summed E-state index contributed by atoms with van der Waals surface area (Å²) in [6, 6.07) is 4.43. The molecule has 2 heterocycles. The molecule has 2 aromatic rings. The SMILES string of the molecule is COC(=O)c1cc(-c2cc(C)cs2)n(C2CCCCCC2)n1. The van der Waals surface area contributed by atoms with E-state index >= 15 is 0 Å². The molecule has 0 unspecified atom stereocenters. The fourth-order valence-corrected chi connectivity index (χ4v) is 4.04. The van der Waals surface area contributed by atoms with E-state index in [4.69, 9.17) is 4.74 Å². The molecule has 0 aromatic carbocycles. The van der Waals surface area contributed by atoms with Crippen molar-refractivity contribution in [1.82, 2.24) is 9.78 Å². The van der Waals surface area contributed by atoms with Crippen LogP contribution in [0.3, 0.4) is 0 Å². The van der Waals surface area contributed by atoms with Gasteiger partial charge in [-0.05, 0) is 42.8 Å². The van der Waals surface area contributed by atoms with E-state index in [2.05, 4.69) is 28.2 Å². The summed E-state index contributed by atoms with van der Waals surface area (Å²) in [5.74, 6) is -0.359. The summed E-state index contributed by atoms with van der Waals surface area (Å²) in [6.07, 6.45) is 7.35. The van der Waals surface area contributed by atoms with Crippen LogP contribution in [0.4, 0.5) is 0 Å². The van der Waals surface area contributed by atoms with Gasteiger partial charge in [-0.15, -0.1) is 11.3 Å². The minimum Gasteiger partial charge on any atom is -0.464 e. The Balaban J connectivity index is 2.01. The molecule has 0 N–H and O–H groups in total. The normalized spacial score (nSPS) is 16.5. The van der Waals surface area contributed by atoms with Crippen molar-refractivity contribution in [2.45, 2.75) is 51.5 Å². The molecule has 2 aromatic heterocycles. The highest BCUT2D eigenvalue weighted by Gasteiger charge is 2.23. The number of aryl methyl sites for hydroxylation is 1. The molecule has 1 aliphatic rings. The minimum absolute atomic E-state index is 0.359. The van der Waals surface area contributed by atoms with Gasteiger partial charge in [-0.2, -0.15) is 5.10 Å². The molecule has 0 saturated heterocycles. The van der Waals surface area contributed by atoms with E-state index < -0.39 is 0 Å². The summed E-state index contributed by atoms with van der Waals surface area (Å²) in [7, 11) is 1.40. The van der Waals surface area contributed by atoms with E-state index in [-0.39, 0.29) is 5.97 Å². The first kappa shape index (κ1) is 15.3. The fourth-order valence-electron chi connectivity index (χ4n) is 3.13. The van der Waals surface area contributed by atoms with Gasteiger partial charge < -0.3 is 4.74 Å². The second kappa shape index (κ2) is 6.65. The lowest BCUT2D eigenvalue weighted by molar-refractivity contribution is 0.0592. The molecule has 3 rings (SSSR count). The third kappa shape index (κ3) is 3.09. The maximum Gasteiger partial charge on any atom is 0.358 e. The van der Waals surface area contributed by atoms with E-state index in [1.807, 2.05) is 6.07 Å². The number of hydrogen-bond acceptors (Lipinski definition) is 4. The first-order chi connectivity index (χ1) is 10.7. The molecule has 0 aliphatic heterocycles. The maximum absolute atomic E-state index is 11.9. The van der Waals surface area contributed by atoms with Gasteiger partial charge in [0.15, 0.2) is 5.69 Å². The molecular weight excluding hydrogens is 296 g/mol. The summed E-state index contributed by atoms with van der Waals surface area (Å²) in [5, 5.41) is 6.72. The van der Waals surface area contributed by atoms with E-state index in [9.17, 15) is 4.79 Å². The molecule has 5 heteroatoms. The first-order valence-electron chi connectivity index (χ1n) is 7.92. The zero-order valence-electron chi connectivity index (χ0n) is 13.2. The Morgan fingerprint density at radius 3 is 2.59 bits per heavy atom. The molecule has 1 fully saturated rings. The van der Waals surface area contributed by atoms with Crippen molar-refractivity contribution in [3.05, 3.63) is 28.8 Å². The fraction of sp³-hybridized carbons (Fsp3) is 0.529. The van der Waals surface area contributed by atoms with Crippen molar-refractivity contribution < 1.29 is 9.53 Å². The quantitative estimate of drug-likeness (QED) is 0.613. The molecule has 118 valence electrons. The summed E-state index contributed by atoms with van der Waals surface area (Å²) in [5.41, 5.74) is 2.70. The number of hydrogen-bond donors (Lipinski definition) is 0. The van der Waals surface area contributed by atoms with Crippen LogP contribution in [-0.2, 0) is 4.74 Å². The summed E-state index contributed by atoms with van der Waals surface area (Å²) >= 11 is 1.71. The Kier molecular flexibility index (Phi) is 4.62. The van der Waals surface area contributed by atoms with Crippen molar-refractivity contribution in [3.8, 4) is 10.6 Å². The van der Waals surface area contributed by atoms with Crippen molar-refractivity contribution in [2.24, 2.45) is 0 Å². The lowest BCUT2D eigenvalue weighted by Crippen LogP contribution is -2.12. The van der Waals surface area contributed by atoms with Gasteiger partial charge in [-0.3, -0.25) is 4.68 Å². The number of esters is 1. The summed E-state index contributed by atoms with van der Waals surface area (Å²) in [4.78, 5) is 13.0. The van der Waals surface area contributed by atoms with E-state index in [0.29, 0.717) is 11.7 Å². The topological polar surface area (TPSA) is 44.1 Å². The van der Waals surface area contributed by atoms with Gasteiger partial charge in [-0.1, -0.05) is 25.7 Å². The molecule has 0 radical (unpaired) electrons. The highest BCUT2D eigenvalue weighted by molar-refractivity contribution is 7.13. The van der Waals surface area contributed by atoms with Crippen molar-refractivity contribution in [1.29, 1.82) is 0 Å². The van der Waals surface area contributed by atoms with Crippen LogP contribution >= 0.6 is 11.3 Å². The predicted octanol–water partition coefficient (Wildman–Crippen LogP) is 4.60. The number of carbonyl (C=O) groups is 1. The number of aromatic nitrogens is 2. The molecule has 0 spiro atoms.